The van der Waals surface area contributed by atoms with Gasteiger partial charge in [-0.3, -0.25) is 0 Å². The molecule has 0 aliphatic carbocycles. The number of H-pyrrole nitrogens is 1. The Bertz CT molecular complexity index is 792. The molecular weight excluding hydrogens is 252 g/mol. The van der Waals surface area contributed by atoms with Crippen LogP contribution < -0.4 is 0 Å². The van der Waals surface area contributed by atoms with Gasteiger partial charge in [0, 0.05) is 22.0 Å². The largest absolute Gasteiger partial charge is 0.476 e. The molecule has 2 heterocycles. The molecule has 0 bridgehead atoms. The van der Waals surface area contributed by atoms with E-state index in [1.54, 1.807) is 24.4 Å². The van der Waals surface area contributed by atoms with Gasteiger partial charge in [0.25, 0.3) is 0 Å². The molecule has 0 unspecified atom stereocenters. The molecule has 0 saturated carbocycles. The maximum absolute atomic E-state index is 11.3. The lowest BCUT2D eigenvalue weighted by atomic mass is 10.1. The smallest absolute Gasteiger partial charge is 0.355 e. The van der Waals surface area contributed by atoms with E-state index in [0.29, 0.717) is 15.9 Å². The van der Waals surface area contributed by atoms with Crippen molar-refractivity contribution >= 4 is 39.4 Å². The van der Waals surface area contributed by atoms with Crippen molar-refractivity contribution < 1.29 is 9.90 Å². The van der Waals surface area contributed by atoms with E-state index in [1.165, 1.54) is 0 Å². The van der Waals surface area contributed by atoms with Crippen LogP contribution >= 0.6 is 11.6 Å². The molecule has 0 radical (unpaired) electrons. The van der Waals surface area contributed by atoms with E-state index in [9.17, 15) is 9.90 Å². The average Bonchev–Trinajstić information content (AvgIpc) is 2.71. The number of carboxylic acid groups (broad SMARTS) is 1. The fourth-order valence-electron chi connectivity index (χ4n) is 2.18. The van der Waals surface area contributed by atoms with Gasteiger partial charge in [-0.15, -0.1) is 0 Å². The maximum atomic E-state index is 11.3. The Labute approximate surface area is 107 Å². The SMILES string of the molecule is Cc1c[nH]c2c1c(C(=O)O)nc1ccc(Cl)cc12. The molecule has 5 heteroatoms. The number of aromatic amines is 1. The second kappa shape index (κ2) is 3.71. The number of benzene rings is 1. The Kier molecular flexibility index (Phi) is 2.28. The fourth-order valence-corrected chi connectivity index (χ4v) is 2.35. The molecule has 90 valence electrons. The number of hydrogen-bond donors (Lipinski definition) is 2. The van der Waals surface area contributed by atoms with E-state index in [1.807, 2.05) is 6.92 Å². The van der Waals surface area contributed by atoms with Crippen molar-refractivity contribution in [2.45, 2.75) is 6.92 Å². The first kappa shape index (κ1) is 11.0. The summed E-state index contributed by atoms with van der Waals surface area (Å²) < 4.78 is 0. The molecule has 0 saturated heterocycles. The summed E-state index contributed by atoms with van der Waals surface area (Å²) in [7, 11) is 0. The molecule has 18 heavy (non-hydrogen) atoms. The Morgan fingerprint density at radius 3 is 2.94 bits per heavy atom. The molecule has 4 nitrogen and oxygen atoms in total. The molecular formula is C13H9ClN2O2. The van der Waals surface area contributed by atoms with Crippen LogP contribution in [0.3, 0.4) is 0 Å². The maximum Gasteiger partial charge on any atom is 0.355 e. The highest BCUT2D eigenvalue weighted by Gasteiger charge is 2.16. The van der Waals surface area contributed by atoms with Crippen molar-refractivity contribution in [1.82, 2.24) is 9.97 Å². The normalized spacial score (nSPS) is 11.2. The third kappa shape index (κ3) is 1.46. The summed E-state index contributed by atoms with van der Waals surface area (Å²) in [6.07, 6.45) is 1.78. The summed E-state index contributed by atoms with van der Waals surface area (Å²) in [5.74, 6) is -1.03. The Balaban J connectivity index is 2.59. The average molecular weight is 261 g/mol. The van der Waals surface area contributed by atoms with Gasteiger partial charge in [-0.25, -0.2) is 9.78 Å². The van der Waals surface area contributed by atoms with Crippen molar-refractivity contribution in [2.75, 3.05) is 0 Å². The van der Waals surface area contributed by atoms with Crippen molar-refractivity contribution in [3.8, 4) is 0 Å². The number of pyridine rings is 1. The third-order valence-corrected chi connectivity index (χ3v) is 3.21. The van der Waals surface area contributed by atoms with Crippen LogP contribution in [0.25, 0.3) is 21.8 Å². The zero-order valence-corrected chi connectivity index (χ0v) is 10.2. The van der Waals surface area contributed by atoms with E-state index in [0.717, 1.165) is 16.5 Å². The molecule has 1 aromatic carbocycles. The van der Waals surface area contributed by atoms with E-state index < -0.39 is 5.97 Å². The van der Waals surface area contributed by atoms with E-state index in [2.05, 4.69) is 9.97 Å². The van der Waals surface area contributed by atoms with E-state index in [-0.39, 0.29) is 5.69 Å². The van der Waals surface area contributed by atoms with Crippen molar-refractivity contribution in [1.29, 1.82) is 0 Å². The molecule has 0 atom stereocenters. The number of hydrogen-bond acceptors (Lipinski definition) is 2. The highest BCUT2D eigenvalue weighted by molar-refractivity contribution is 6.31. The number of rotatable bonds is 1. The summed E-state index contributed by atoms with van der Waals surface area (Å²) >= 11 is 5.97. The van der Waals surface area contributed by atoms with Crippen LogP contribution in [0.2, 0.25) is 5.02 Å². The zero-order chi connectivity index (χ0) is 12.9. The van der Waals surface area contributed by atoms with Crippen molar-refractivity contribution in [3.63, 3.8) is 0 Å². The summed E-state index contributed by atoms with van der Waals surface area (Å²) in [6.45, 7) is 1.85. The van der Waals surface area contributed by atoms with Crippen molar-refractivity contribution in [2.24, 2.45) is 0 Å². The van der Waals surface area contributed by atoms with Crippen LogP contribution in [0.4, 0.5) is 0 Å². The minimum absolute atomic E-state index is 0.0681. The standard InChI is InChI=1S/C13H9ClN2O2/c1-6-5-15-11-8-4-7(14)2-3-9(8)16-12(10(6)11)13(17)18/h2-5,15H,1H3,(H,17,18). The Morgan fingerprint density at radius 2 is 2.22 bits per heavy atom. The predicted molar refractivity (Wildman–Crippen MR) is 70.3 cm³/mol. The molecule has 0 aliphatic heterocycles. The minimum atomic E-state index is -1.03. The van der Waals surface area contributed by atoms with Gasteiger partial charge in [-0.1, -0.05) is 11.6 Å². The Hall–Kier alpha value is -2.07. The summed E-state index contributed by atoms with van der Waals surface area (Å²) in [5.41, 5.74) is 2.30. The number of fused-ring (bicyclic) bond motifs is 3. The van der Waals surface area contributed by atoms with Crippen LogP contribution in [0.1, 0.15) is 16.1 Å². The van der Waals surface area contributed by atoms with Gasteiger partial charge in [-0.05, 0) is 30.7 Å². The molecule has 0 aliphatic rings. The van der Waals surface area contributed by atoms with Crippen LogP contribution in [0.15, 0.2) is 24.4 Å². The van der Waals surface area contributed by atoms with Crippen LogP contribution in [0, 0.1) is 6.92 Å². The predicted octanol–water partition coefficient (Wildman–Crippen LogP) is 3.38. The number of aryl methyl sites for hydroxylation is 1. The van der Waals surface area contributed by atoms with Gasteiger partial charge >= 0.3 is 5.97 Å². The van der Waals surface area contributed by atoms with Gasteiger partial charge in [0.1, 0.15) is 0 Å². The topological polar surface area (TPSA) is 66.0 Å². The molecule has 2 aromatic heterocycles. The lowest BCUT2D eigenvalue weighted by molar-refractivity contribution is 0.0693. The van der Waals surface area contributed by atoms with Gasteiger partial charge in [0.2, 0.25) is 0 Å². The lowest BCUT2D eigenvalue weighted by Crippen LogP contribution is -2.02. The molecule has 2 N–H and O–H groups in total. The number of nitrogens with one attached hydrogen (secondary N) is 1. The van der Waals surface area contributed by atoms with E-state index >= 15 is 0 Å². The number of nitrogens with zero attached hydrogens (tertiary/aromatic N) is 1. The lowest BCUT2D eigenvalue weighted by Gasteiger charge is -2.04. The number of halogens is 1. The summed E-state index contributed by atoms with van der Waals surface area (Å²) in [6, 6.07) is 5.21. The number of aromatic nitrogens is 2. The minimum Gasteiger partial charge on any atom is -0.476 e. The number of aromatic carboxylic acids is 1. The van der Waals surface area contributed by atoms with Crippen LogP contribution in [-0.2, 0) is 0 Å². The molecule has 3 aromatic rings. The highest BCUT2D eigenvalue weighted by Crippen LogP contribution is 2.29. The van der Waals surface area contributed by atoms with Crippen LogP contribution in [0.5, 0.6) is 0 Å². The quantitative estimate of drug-likeness (QED) is 0.705. The van der Waals surface area contributed by atoms with E-state index in [4.69, 9.17) is 11.6 Å². The van der Waals surface area contributed by atoms with Gasteiger partial charge in [0.15, 0.2) is 5.69 Å². The highest BCUT2D eigenvalue weighted by atomic mass is 35.5. The first-order valence-electron chi connectivity index (χ1n) is 5.38. The zero-order valence-electron chi connectivity index (χ0n) is 9.49. The van der Waals surface area contributed by atoms with Gasteiger partial charge in [0.05, 0.1) is 11.0 Å². The first-order valence-corrected chi connectivity index (χ1v) is 5.76. The molecule has 0 amide bonds. The van der Waals surface area contributed by atoms with Gasteiger partial charge in [-0.2, -0.15) is 0 Å². The molecule has 0 spiro atoms. The third-order valence-electron chi connectivity index (χ3n) is 2.98. The molecule has 0 fully saturated rings. The summed E-state index contributed by atoms with van der Waals surface area (Å²) in [4.78, 5) is 18.6. The Morgan fingerprint density at radius 1 is 1.44 bits per heavy atom. The van der Waals surface area contributed by atoms with Crippen molar-refractivity contribution in [3.05, 3.63) is 40.7 Å². The van der Waals surface area contributed by atoms with Crippen LogP contribution in [-0.4, -0.2) is 21.0 Å². The van der Waals surface area contributed by atoms with Gasteiger partial charge < -0.3 is 10.1 Å². The fraction of sp³-hybridized carbons (Fsp3) is 0.0769. The first-order chi connectivity index (χ1) is 8.58. The monoisotopic (exact) mass is 260 g/mol. The number of carboxylic acids is 1. The summed E-state index contributed by atoms with van der Waals surface area (Å²) in [5, 5.41) is 11.3. The molecule has 3 rings (SSSR count). The second-order valence-corrected chi connectivity index (χ2v) is 4.59. The number of carbonyl (C=O) groups is 1. The second-order valence-electron chi connectivity index (χ2n) is 4.15.